The van der Waals surface area contributed by atoms with Crippen molar-refractivity contribution >= 4 is 17.7 Å². The van der Waals surface area contributed by atoms with Crippen molar-refractivity contribution in [2.24, 2.45) is 0 Å². The zero-order valence-electron chi connectivity index (χ0n) is 13.0. The summed E-state index contributed by atoms with van der Waals surface area (Å²) in [5.41, 5.74) is 2.55. The van der Waals surface area contributed by atoms with E-state index in [4.69, 9.17) is 0 Å². The van der Waals surface area contributed by atoms with Crippen LogP contribution in [0.1, 0.15) is 29.7 Å². The lowest BCUT2D eigenvalue weighted by Crippen LogP contribution is -2.27. The average Bonchev–Trinajstić information content (AvgIpc) is 2.57. The van der Waals surface area contributed by atoms with Crippen LogP contribution in [0.3, 0.4) is 0 Å². The Morgan fingerprint density at radius 3 is 2.32 bits per heavy atom. The number of carbonyl (C=O) groups is 1. The van der Waals surface area contributed by atoms with Gasteiger partial charge in [-0.05, 0) is 24.0 Å². The van der Waals surface area contributed by atoms with Gasteiger partial charge in [-0.2, -0.15) is 0 Å². The van der Waals surface area contributed by atoms with E-state index >= 15 is 0 Å². The third-order valence-electron chi connectivity index (χ3n) is 3.54. The summed E-state index contributed by atoms with van der Waals surface area (Å²) in [6.45, 7) is 2.86. The van der Waals surface area contributed by atoms with Gasteiger partial charge < -0.3 is 5.32 Å². The van der Waals surface area contributed by atoms with Crippen molar-refractivity contribution in [1.29, 1.82) is 0 Å². The van der Waals surface area contributed by atoms with Crippen LogP contribution in [0.4, 0.5) is 0 Å². The number of amides is 1. The maximum Gasteiger partial charge on any atom is 0.230 e. The molecule has 0 aromatic heterocycles. The fourth-order valence-electron chi connectivity index (χ4n) is 2.34. The summed E-state index contributed by atoms with van der Waals surface area (Å²) >= 11 is 1.72. The van der Waals surface area contributed by atoms with Crippen LogP contribution in [0.2, 0.25) is 0 Å². The van der Waals surface area contributed by atoms with Crippen molar-refractivity contribution in [3.8, 4) is 0 Å². The van der Waals surface area contributed by atoms with Gasteiger partial charge in [0, 0.05) is 11.8 Å². The molecule has 0 aliphatic heterocycles. The Kier molecular flexibility index (Phi) is 7.04. The Labute approximate surface area is 137 Å². The predicted molar refractivity (Wildman–Crippen MR) is 95.1 cm³/mol. The number of carbonyl (C=O) groups excluding carboxylic acids is 1. The molecule has 0 radical (unpaired) electrons. The Morgan fingerprint density at radius 2 is 1.68 bits per heavy atom. The molecule has 2 aromatic rings. The van der Waals surface area contributed by atoms with Crippen LogP contribution in [0.5, 0.6) is 0 Å². The summed E-state index contributed by atoms with van der Waals surface area (Å²) in [5.74, 6) is 0.637. The van der Waals surface area contributed by atoms with E-state index in [1.54, 1.807) is 11.8 Å². The molecule has 2 aromatic carbocycles. The molecule has 0 aliphatic carbocycles. The molecule has 116 valence electrons. The van der Waals surface area contributed by atoms with Crippen molar-refractivity contribution in [3.63, 3.8) is 0 Å². The van der Waals surface area contributed by atoms with Crippen molar-refractivity contribution in [2.45, 2.75) is 25.0 Å². The minimum Gasteiger partial charge on any atom is -0.355 e. The van der Waals surface area contributed by atoms with Gasteiger partial charge in [0.15, 0.2) is 0 Å². The smallest absolute Gasteiger partial charge is 0.230 e. The number of nitrogens with one attached hydrogen (secondary N) is 1. The summed E-state index contributed by atoms with van der Waals surface area (Å²) in [6, 6.07) is 20.6. The van der Waals surface area contributed by atoms with Gasteiger partial charge in [-0.15, -0.1) is 11.8 Å². The second-order valence-electron chi connectivity index (χ2n) is 5.20. The second kappa shape index (κ2) is 9.31. The van der Waals surface area contributed by atoms with Crippen molar-refractivity contribution in [2.75, 3.05) is 12.3 Å². The van der Waals surface area contributed by atoms with E-state index in [1.165, 1.54) is 11.1 Å². The Balaban J connectivity index is 1.70. The Bertz CT molecular complexity index is 556. The molecule has 0 fully saturated rings. The molecule has 1 amide bonds. The molecule has 2 rings (SSSR count). The van der Waals surface area contributed by atoms with Gasteiger partial charge in [-0.1, -0.05) is 67.6 Å². The first-order valence-corrected chi connectivity index (χ1v) is 8.81. The molecule has 1 atom stereocenters. The number of hydrogen-bond acceptors (Lipinski definition) is 2. The van der Waals surface area contributed by atoms with Crippen molar-refractivity contribution in [1.82, 2.24) is 5.32 Å². The van der Waals surface area contributed by atoms with Crippen LogP contribution in [-0.2, 0) is 11.2 Å². The van der Waals surface area contributed by atoms with Crippen LogP contribution in [0.15, 0.2) is 60.7 Å². The summed E-state index contributed by atoms with van der Waals surface area (Å²) in [6.07, 6.45) is 1.92. The van der Waals surface area contributed by atoms with Crippen LogP contribution in [0, 0.1) is 0 Å². The fraction of sp³-hybridized carbons (Fsp3) is 0.316. The topological polar surface area (TPSA) is 29.1 Å². The molecule has 2 nitrogen and oxygen atoms in total. The predicted octanol–water partition coefficient (Wildman–Crippen LogP) is 4.23. The molecule has 22 heavy (non-hydrogen) atoms. The fourth-order valence-corrected chi connectivity index (χ4v) is 3.38. The van der Waals surface area contributed by atoms with Crippen LogP contribution < -0.4 is 5.32 Å². The monoisotopic (exact) mass is 313 g/mol. The van der Waals surface area contributed by atoms with Gasteiger partial charge in [-0.25, -0.2) is 0 Å². The zero-order chi connectivity index (χ0) is 15.6. The summed E-state index contributed by atoms with van der Waals surface area (Å²) in [4.78, 5) is 12.0. The maximum absolute atomic E-state index is 12.0. The van der Waals surface area contributed by atoms with Crippen LogP contribution >= 0.6 is 11.8 Å². The quantitative estimate of drug-likeness (QED) is 0.790. The lowest BCUT2D eigenvalue weighted by atomic mass is 10.1. The van der Waals surface area contributed by atoms with Crippen LogP contribution in [0.25, 0.3) is 0 Å². The van der Waals surface area contributed by atoms with E-state index in [0.29, 0.717) is 17.5 Å². The molecule has 0 heterocycles. The number of rotatable bonds is 8. The molecular weight excluding hydrogens is 290 g/mol. The lowest BCUT2D eigenvalue weighted by Gasteiger charge is -2.14. The minimum absolute atomic E-state index is 0.121. The molecule has 0 spiro atoms. The maximum atomic E-state index is 12.0. The van der Waals surface area contributed by atoms with Gasteiger partial charge in [0.1, 0.15) is 0 Å². The summed E-state index contributed by atoms with van der Waals surface area (Å²) < 4.78 is 0. The van der Waals surface area contributed by atoms with Gasteiger partial charge in [0.05, 0.1) is 5.75 Å². The molecule has 0 aliphatic rings. The van der Waals surface area contributed by atoms with E-state index < -0.39 is 0 Å². The molecular formula is C19H23NOS. The van der Waals surface area contributed by atoms with E-state index in [1.807, 2.05) is 24.3 Å². The highest BCUT2D eigenvalue weighted by Crippen LogP contribution is 2.31. The summed E-state index contributed by atoms with van der Waals surface area (Å²) in [5, 5.41) is 3.39. The Morgan fingerprint density at radius 1 is 1.05 bits per heavy atom. The summed E-state index contributed by atoms with van der Waals surface area (Å²) in [7, 11) is 0. The van der Waals surface area contributed by atoms with E-state index in [-0.39, 0.29) is 5.91 Å². The van der Waals surface area contributed by atoms with E-state index in [0.717, 1.165) is 12.8 Å². The Hall–Kier alpha value is -1.74. The molecule has 0 saturated carbocycles. The molecule has 0 bridgehead atoms. The van der Waals surface area contributed by atoms with Crippen molar-refractivity contribution in [3.05, 3.63) is 71.8 Å². The van der Waals surface area contributed by atoms with E-state index in [9.17, 15) is 4.79 Å². The van der Waals surface area contributed by atoms with Crippen molar-refractivity contribution < 1.29 is 4.79 Å². The normalized spacial score (nSPS) is 11.9. The largest absolute Gasteiger partial charge is 0.355 e. The standard InChI is InChI=1S/C19H23NOS/c1-2-18(17-11-7-4-8-12-17)22-15-19(21)20-14-13-16-9-5-3-6-10-16/h3-12,18H,2,13-15H2,1H3,(H,20,21). The average molecular weight is 313 g/mol. The van der Waals surface area contributed by atoms with Crippen LogP contribution in [-0.4, -0.2) is 18.2 Å². The highest BCUT2D eigenvalue weighted by atomic mass is 32.2. The van der Waals surface area contributed by atoms with Gasteiger partial charge in [0.25, 0.3) is 0 Å². The molecule has 3 heteroatoms. The first-order chi connectivity index (χ1) is 10.8. The first-order valence-electron chi connectivity index (χ1n) is 7.76. The third-order valence-corrected chi connectivity index (χ3v) is 4.97. The third kappa shape index (κ3) is 5.57. The van der Waals surface area contributed by atoms with Gasteiger partial charge >= 0.3 is 0 Å². The zero-order valence-corrected chi connectivity index (χ0v) is 13.8. The highest BCUT2D eigenvalue weighted by Gasteiger charge is 2.11. The lowest BCUT2D eigenvalue weighted by molar-refractivity contribution is -0.118. The highest BCUT2D eigenvalue weighted by molar-refractivity contribution is 8.00. The van der Waals surface area contributed by atoms with Gasteiger partial charge in [-0.3, -0.25) is 4.79 Å². The molecule has 1 N–H and O–H groups in total. The van der Waals surface area contributed by atoms with E-state index in [2.05, 4.69) is 48.6 Å². The molecule has 1 unspecified atom stereocenters. The minimum atomic E-state index is 0.121. The van der Waals surface area contributed by atoms with Gasteiger partial charge in [0.2, 0.25) is 5.91 Å². The first kappa shape index (κ1) is 16.6. The molecule has 0 saturated heterocycles. The SMILES string of the molecule is CCC(SCC(=O)NCCc1ccccc1)c1ccccc1. The number of benzene rings is 2. The second-order valence-corrected chi connectivity index (χ2v) is 6.40. The number of thioether (sulfide) groups is 1. The number of hydrogen-bond donors (Lipinski definition) is 1.